The van der Waals surface area contributed by atoms with Crippen molar-refractivity contribution < 1.29 is 9.53 Å². The van der Waals surface area contributed by atoms with Crippen molar-refractivity contribution >= 4 is 11.8 Å². The molecular formula is C22H24N2O2. The van der Waals surface area contributed by atoms with Gasteiger partial charge in [0, 0.05) is 31.9 Å². The molecule has 1 saturated heterocycles. The number of hydrogen-bond donors (Lipinski definition) is 0. The summed E-state index contributed by atoms with van der Waals surface area (Å²) < 4.78 is 5.45. The van der Waals surface area contributed by atoms with Crippen molar-refractivity contribution in [1.29, 1.82) is 0 Å². The standard InChI is InChI=1S/C22H24N2O2/c1-23(2)20-13-10-18(11-14-20)12-15-21-9-6-16-24(21)22(25)26-17-19-7-4-3-5-8-19/h3-5,7-8,10-11,13-14,21H,6,9,16-17H2,1-2H3/t21-/m0/s1. The molecule has 0 radical (unpaired) electrons. The van der Waals surface area contributed by atoms with Crippen molar-refractivity contribution in [2.24, 2.45) is 0 Å². The first-order valence-corrected chi connectivity index (χ1v) is 8.90. The summed E-state index contributed by atoms with van der Waals surface area (Å²) in [5.41, 5.74) is 3.09. The first kappa shape index (κ1) is 17.9. The number of carbonyl (C=O) groups is 1. The van der Waals surface area contributed by atoms with Crippen LogP contribution in [0.5, 0.6) is 0 Å². The molecule has 0 aliphatic carbocycles. The summed E-state index contributed by atoms with van der Waals surface area (Å²) in [6.45, 7) is 0.995. The molecule has 134 valence electrons. The number of benzene rings is 2. The largest absolute Gasteiger partial charge is 0.445 e. The maximum Gasteiger partial charge on any atom is 0.411 e. The molecule has 0 N–H and O–H groups in total. The average molecular weight is 348 g/mol. The van der Waals surface area contributed by atoms with Crippen LogP contribution in [0.25, 0.3) is 0 Å². The summed E-state index contributed by atoms with van der Waals surface area (Å²) in [5.74, 6) is 6.43. The number of anilines is 1. The predicted octanol–water partition coefficient (Wildman–Crippen LogP) is 3.91. The third-order valence-corrected chi connectivity index (χ3v) is 4.46. The summed E-state index contributed by atoms with van der Waals surface area (Å²) in [4.78, 5) is 16.2. The van der Waals surface area contributed by atoms with Gasteiger partial charge in [0.05, 0.1) is 6.04 Å². The SMILES string of the molecule is CN(C)c1ccc(C#C[C@@H]2CCCN2C(=O)OCc2ccccc2)cc1. The van der Waals surface area contributed by atoms with Crippen molar-refractivity contribution in [3.8, 4) is 11.8 Å². The Kier molecular flexibility index (Phi) is 5.80. The van der Waals surface area contributed by atoms with Crippen LogP contribution in [-0.4, -0.2) is 37.7 Å². The Labute approximate surface area is 155 Å². The average Bonchev–Trinajstić information content (AvgIpc) is 3.14. The fourth-order valence-electron chi connectivity index (χ4n) is 2.95. The number of nitrogens with zero attached hydrogens (tertiary/aromatic N) is 2. The normalized spacial score (nSPS) is 15.9. The van der Waals surface area contributed by atoms with Gasteiger partial charge in [-0.25, -0.2) is 4.79 Å². The molecule has 26 heavy (non-hydrogen) atoms. The first-order valence-electron chi connectivity index (χ1n) is 8.90. The van der Waals surface area contributed by atoms with Gasteiger partial charge in [-0.05, 0) is 42.7 Å². The van der Waals surface area contributed by atoms with Gasteiger partial charge in [-0.2, -0.15) is 0 Å². The number of likely N-dealkylation sites (tertiary alicyclic amines) is 1. The van der Waals surface area contributed by atoms with Crippen LogP contribution in [-0.2, 0) is 11.3 Å². The van der Waals surface area contributed by atoms with E-state index in [1.165, 1.54) is 0 Å². The van der Waals surface area contributed by atoms with Crippen LogP contribution in [0.4, 0.5) is 10.5 Å². The molecule has 0 aromatic heterocycles. The number of ether oxygens (including phenoxy) is 1. The highest BCUT2D eigenvalue weighted by Gasteiger charge is 2.28. The van der Waals surface area contributed by atoms with Gasteiger partial charge in [0.2, 0.25) is 0 Å². The Balaban J connectivity index is 1.60. The van der Waals surface area contributed by atoms with Gasteiger partial charge in [0.15, 0.2) is 0 Å². The smallest absolute Gasteiger partial charge is 0.411 e. The fourth-order valence-corrected chi connectivity index (χ4v) is 2.95. The molecule has 0 spiro atoms. The number of rotatable bonds is 3. The van der Waals surface area contributed by atoms with E-state index in [0.717, 1.165) is 29.7 Å². The highest BCUT2D eigenvalue weighted by atomic mass is 16.6. The van der Waals surface area contributed by atoms with Crippen LogP contribution in [0, 0.1) is 11.8 Å². The first-order chi connectivity index (χ1) is 12.6. The van der Waals surface area contributed by atoms with E-state index in [4.69, 9.17) is 4.74 Å². The minimum absolute atomic E-state index is 0.0770. The number of hydrogen-bond acceptors (Lipinski definition) is 3. The van der Waals surface area contributed by atoms with Crippen LogP contribution < -0.4 is 4.90 Å². The molecule has 2 aromatic rings. The lowest BCUT2D eigenvalue weighted by Gasteiger charge is -2.20. The van der Waals surface area contributed by atoms with E-state index < -0.39 is 0 Å². The highest BCUT2D eigenvalue weighted by molar-refractivity contribution is 5.69. The molecule has 1 aliphatic heterocycles. The molecule has 3 rings (SSSR count). The van der Waals surface area contributed by atoms with Gasteiger partial charge >= 0.3 is 6.09 Å². The topological polar surface area (TPSA) is 32.8 Å². The fraction of sp³-hybridized carbons (Fsp3) is 0.318. The van der Waals surface area contributed by atoms with Crippen LogP contribution >= 0.6 is 0 Å². The van der Waals surface area contributed by atoms with Crippen molar-refractivity contribution in [2.45, 2.75) is 25.5 Å². The second kappa shape index (κ2) is 8.44. The lowest BCUT2D eigenvalue weighted by Crippen LogP contribution is -2.35. The summed E-state index contributed by atoms with van der Waals surface area (Å²) >= 11 is 0. The molecule has 4 heteroatoms. The predicted molar refractivity (Wildman–Crippen MR) is 104 cm³/mol. The van der Waals surface area contributed by atoms with Crippen molar-refractivity contribution in [3.05, 3.63) is 65.7 Å². The quantitative estimate of drug-likeness (QED) is 0.789. The minimum Gasteiger partial charge on any atom is -0.445 e. The maximum absolute atomic E-state index is 12.4. The third-order valence-electron chi connectivity index (χ3n) is 4.46. The number of amides is 1. The van der Waals surface area contributed by atoms with E-state index in [1.807, 2.05) is 68.7 Å². The molecule has 0 saturated carbocycles. The molecule has 1 fully saturated rings. The zero-order valence-electron chi connectivity index (χ0n) is 15.3. The molecule has 0 bridgehead atoms. The van der Waals surface area contributed by atoms with Crippen molar-refractivity contribution in [3.63, 3.8) is 0 Å². The van der Waals surface area contributed by atoms with Crippen LogP contribution in [0.1, 0.15) is 24.0 Å². The van der Waals surface area contributed by atoms with Gasteiger partial charge in [-0.1, -0.05) is 42.2 Å². The molecule has 4 nitrogen and oxygen atoms in total. The zero-order valence-corrected chi connectivity index (χ0v) is 15.3. The van der Waals surface area contributed by atoms with Gasteiger partial charge in [-0.15, -0.1) is 0 Å². The van der Waals surface area contributed by atoms with Crippen LogP contribution in [0.15, 0.2) is 54.6 Å². The molecule has 0 unspecified atom stereocenters. The van der Waals surface area contributed by atoms with Gasteiger partial charge in [-0.3, -0.25) is 4.90 Å². The van der Waals surface area contributed by atoms with Crippen molar-refractivity contribution in [1.82, 2.24) is 4.90 Å². The molecule has 2 aromatic carbocycles. The molecule has 1 heterocycles. The molecule has 1 atom stereocenters. The summed E-state index contributed by atoms with van der Waals surface area (Å²) in [6, 6.07) is 17.8. The summed E-state index contributed by atoms with van der Waals surface area (Å²) in [7, 11) is 4.02. The Morgan fingerprint density at radius 3 is 2.58 bits per heavy atom. The Hall–Kier alpha value is -2.93. The van der Waals surface area contributed by atoms with E-state index in [9.17, 15) is 4.79 Å². The maximum atomic E-state index is 12.4. The van der Waals surface area contributed by atoms with E-state index in [-0.39, 0.29) is 12.1 Å². The second-order valence-corrected chi connectivity index (χ2v) is 6.60. The van der Waals surface area contributed by atoms with E-state index in [1.54, 1.807) is 4.90 Å². The number of carbonyl (C=O) groups excluding carboxylic acids is 1. The van der Waals surface area contributed by atoms with E-state index >= 15 is 0 Å². The van der Waals surface area contributed by atoms with Crippen molar-refractivity contribution in [2.75, 3.05) is 25.5 Å². The lowest BCUT2D eigenvalue weighted by molar-refractivity contribution is 0.0984. The lowest BCUT2D eigenvalue weighted by atomic mass is 10.1. The Morgan fingerprint density at radius 2 is 1.88 bits per heavy atom. The second-order valence-electron chi connectivity index (χ2n) is 6.60. The Bertz CT molecular complexity index is 788. The van der Waals surface area contributed by atoms with Gasteiger partial charge in [0.25, 0.3) is 0 Å². The van der Waals surface area contributed by atoms with E-state index in [2.05, 4.69) is 16.7 Å². The third kappa shape index (κ3) is 4.58. The molecular weight excluding hydrogens is 324 g/mol. The van der Waals surface area contributed by atoms with E-state index in [0.29, 0.717) is 13.2 Å². The summed E-state index contributed by atoms with van der Waals surface area (Å²) in [5, 5.41) is 0. The van der Waals surface area contributed by atoms with Gasteiger partial charge < -0.3 is 9.64 Å². The van der Waals surface area contributed by atoms with Crippen LogP contribution in [0.3, 0.4) is 0 Å². The zero-order chi connectivity index (χ0) is 18.4. The monoisotopic (exact) mass is 348 g/mol. The van der Waals surface area contributed by atoms with Gasteiger partial charge in [0.1, 0.15) is 6.61 Å². The molecule has 1 amide bonds. The highest BCUT2D eigenvalue weighted by Crippen LogP contribution is 2.19. The summed E-state index contributed by atoms with van der Waals surface area (Å²) in [6.07, 6.45) is 1.57. The Morgan fingerprint density at radius 1 is 1.15 bits per heavy atom. The van der Waals surface area contributed by atoms with Crippen LogP contribution in [0.2, 0.25) is 0 Å². The molecule has 1 aliphatic rings. The minimum atomic E-state index is -0.284.